The van der Waals surface area contributed by atoms with Crippen molar-refractivity contribution in [3.05, 3.63) is 59.3 Å². The molecule has 0 radical (unpaired) electrons. The average Bonchev–Trinajstić information content (AvgIpc) is 2.46. The van der Waals surface area contributed by atoms with E-state index in [1.807, 2.05) is 6.07 Å². The number of hydrogen-bond acceptors (Lipinski definition) is 4. The molecule has 4 heteroatoms. The third kappa shape index (κ3) is 2.36. The molecule has 0 amide bonds. The summed E-state index contributed by atoms with van der Waals surface area (Å²) in [6.45, 7) is 0. The Morgan fingerprint density at radius 1 is 1.28 bits per heavy atom. The number of pyridine rings is 1. The van der Waals surface area contributed by atoms with E-state index in [4.69, 9.17) is 10.00 Å². The molecule has 1 heterocycles. The Kier molecular flexibility index (Phi) is 3.35. The molecule has 0 spiro atoms. The highest BCUT2D eigenvalue weighted by Gasteiger charge is 2.11. The van der Waals surface area contributed by atoms with Gasteiger partial charge in [0.1, 0.15) is 5.69 Å². The van der Waals surface area contributed by atoms with Gasteiger partial charge in [-0.1, -0.05) is 18.2 Å². The highest BCUT2D eigenvalue weighted by molar-refractivity contribution is 6.07. The van der Waals surface area contributed by atoms with Crippen molar-refractivity contribution in [3.63, 3.8) is 0 Å². The number of rotatable bonds is 3. The normalized spacial score (nSPS) is 9.56. The van der Waals surface area contributed by atoms with Crippen molar-refractivity contribution in [2.24, 2.45) is 0 Å². The van der Waals surface area contributed by atoms with Crippen molar-refractivity contribution < 1.29 is 9.53 Å². The van der Waals surface area contributed by atoms with Crippen LogP contribution < -0.4 is 4.74 Å². The molecule has 0 atom stereocenters. The molecular weight excluding hydrogens is 228 g/mol. The first kappa shape index (κ1) is 11.8. The molecule has 2 aromatic rings. The van der Waals surface area contributed by atoms with Gasteiger partial charge in [0.2, 0.25) is 11.7 Å². The number of nitrogens with zero attached hydrogens (tertiary/aromatic N) is 2. The first-order chi connectivity index (χ1) is 8.74. The maximum atomic E-state index is 12.2. The molecular formula is C14H10N2O2. The van der Waals surface area contributed by atoms with E-state index in [1.165, 1.54) is 7.11 Å². The molecule has 0 unspecified atom stereocenters. The Balaban J connectivity index is 2.38. The Bertz CT molecular complexity index is 630. The van der Waals surface area contributed by atoms with E-state index in [0.29, 0.717) is 22.7 Å². The van der Waals surface area contributed by atoms with Gasteiger partial charge in [-0.05, 0) is 18.2 Å². The molecule has 18 heavy (non-hydrogen) atoms. The number of nitriles is 1. The molecule has 0 N–H and O–H groups in total. The lowest BCUT2D eigenvalue weighted by Gasteiger charge is -2.03. The maximum absolute atomic E-state index is 12.2. The maximum Gasteiger partial charge on any atom is 0.213 e. The standard InChI is InChI=1S/C14H10N2O2/c1-18-13-7-3-6-12(16-13)14(17)11-5-2-4-10(8-11)9-15/h2-8H,1H3. The van der Waals surface area contributed by atoms with Gasteiger partial charge < -0.3 is 4.74 Å². The molecule has 1 aromatic carbocycles. The minimum atomic E-state index is -0.231. The van der Waals surface area contributed by atoms with Crippen LogP contribution in [-0.4, -0.2) is 17.9 Å². The molecule has 0 fully saturated rings. The fraction of sp³-hybridized carbons (Fsp3) is 0.0714. The summed E-state index contributed by atoms with van der Waals surface area (Å²) in [6, 6.07) is 13.5. The van der Waals surface area contributed by atoms with Gasteiger partial charge in [-0.3, -0.25) is 4.79 Å². The van der Waals surface area contributed by atoms with Crippen LogP contribution >= 0.6 is 0 Å². The van der Waals surface area contributed by atoms with Crippen molar-refractivity contribution in [2.45, 2.75) is 0 Å². The van der Waals surface area contributed by atoms with Crippen molar-refractivity contribution in [2.75, 3.05) is 7.11 Å². The van der Waals surface area contributed by atoms with Gasteiger partial charge in [-0.25, -0.2) is 4.98 Å². The lowest BCUT2D eigenvalue weighted by Crippen LogP contribution is -2.05. The summed E-state index contributed by atoms with van der Waals surface area (Å²) in [5.41, 5.74) is 1.18. The first-order valence-electron chi connectivity index (χ1n) is 5.30. The zero-order valence-corrected chi connectivity index (χ0v) is 9.75. The summed E-state index contributed by atoms with van der Waals surface area (Å²) >= 11 is 0. The second-order valence-corrected chi connectivity index (χ2v) is 3.59. The van der Waals surface area contributed by atoms with E-state index >= 15 is 0 Å². The van der Waals surface area contributed by atoms with Crippen molar-refractivity contribution >= 4 is 5.78 Å². The Morgan fingerprint density at radius 2 is 2.06 bits per heavy atom. The van der Waals surface area contributed by atoms with E-state index in [1.54, 1.807) is 42.5 Å². The molecule has 0 saturated carbocycles. The molecule has 2 rings (SSSR count). The zero-order chi connectivity index (χ0) is 13.0. The van der Waals surface area contributed by atoms with Crippen LogP contribution in [0.25, 0.3) is 0 Å². The summed E-state index contributed by atoms with van der Waals surface area (Å²) in [5, 5.41) is 8.80. The second kappa shape index (κ2) is 5.11. The predicted molar refractivity (Wildman–Crippen MR) is 65.4 cm³/mol. The Hall–Kier alpha value is -2.67. The van der Waals surface area contributed by atoms with Gasteiger partial charge in [0.05, 0.1) is 18.7 Å². The lowest BCUT2D eigenvalue weighted by atomic mass is 10.1. The van der Waals surface area contributed by atoms with E-state index in [0.717, 1.165) is 0 Å². The van der Waals surface area contributed by atoms with Crippen LogP contribution in [0.4, 0.5) is 0 Å². The molecule has 0 saturated heterocycles. The Morgan fingerprint density at radius 3 is 2.78 bits per heavy atom. The molecule has 88 valence electrons. The zero-order valence-electron chi connectivity index (χ0n) is 9.75. The highest BCUT2D eigenvalue weighted by Crippen LogP contribution is 2.13. The van der Waals surface area contributed by atoms with Crippen molar-refractivity contribution in [1.29, 1.82) is 5.26 Å². The van der Waals surface area contributed by atoms with Gasteiger partial charge in [-0.15, -0.1) is 0 Å². The summed E-state index contributed by atoms with van der Waals surface area (Å²) < 4.78 is 4.97. The molecule has 0 aliphatic heterocycles. The van der Waals surface area contributed by atoms with Crippen LogP contribution in [0, 0.1) is 11.3 Å². The van der Waals surface area contributed by atoms with Gasteiger partial charge >= 0.3 is 0 Å². The monoisotopic (exact) mass is 238 g/mol. The van der Waals surface area contributed by atoms with Crippen molar-refractivity contribution in [1.82, 2.24) is 4.98 Å². The molecule has 1 aromatic heterocycles. The van der Waals surface area contributed by atoms with Gasteiger partial charge in [0.15, 0.2) is 0 Å². The number of ether oxygens (including phenoxy) is 1. The minimum absolute atomic E-state index is 0.231. The number of ketones is 1. The van der Waals surface area contributed by atoms with E-state index in [-0.39, 0.29) is 5.78 Å². The van der Waals surface area contributed by atoms with Crippen LogP contribution in [0.1, 0.15) is 21.6 Å². The largest absolute Gasteiger partial charge is 0.481 e. The summed E-state index contributed by atoms with van der Waals surface area (Å²) in [7, 11) is 1.49. The van der Waals surface area contributed by atoms with E-state index in [2.05, 4.69) is 4.98 Å². The molecule has 0 aliphatic carbocycles. The fourth-order valence-corrected chi connectivity index (χ4v) is 1.53. The van der Waals surface area contributed by atoms with Crippen LogP contribution in [0.3, 0.4) is 0 Å². The quantitative estimate of drug-likeness (QED) is 0.769. The number of methoxy groups -OCH3 is 1. The van der Waals surface area contributed by atoms with Crippen LogP contribution in [0.5, 0.6) is 5.88 Å². The number of aromatic nitrogens is 1. The molecule has 0 aliphatic rings. The summed E-state index contributed by atoms with van der Waals surface area (Å²) in [4.78, 5) is 16.2. The van der Waals surface area contributed by atoms with E-state index in [9.17, 15) is 4.79 Å². The third-order valence-corrected chi connectivity index (χ3v) is 2.42. The van der Waals surface area contributed by atoms with Gasteiger partial charge in [0, 0.05) is 11.6 Å². The SMILES string of the molecule is COc1cccc(C(=O)c2cccc(C#N)c2)n1. The number of hydrogen-bond donors (Lipinski definition) is 0. The number of carbonyl (C=O) groups excluding carboxylic acids is 1. The second-order valence-electron chi connectivity index (χ2n) is 3.59. The van der Waals surface area contributed by atoms with E-state index < -0.39 is 0 Å². The minimum Gasteiger partial charge on any atom is -0.481 e. The third-order valence-electron chi connectivity index (χ3n) is 2.42. The molecule has 0 bridgehead atoms. The van der Waals surface area contributed by atoms with Crippen LogP contribution in [0.15, 0.2) is 42.5 Å². The highest BCUT2D eigenvalue weighted by atomic mass is 16.5. The van der Waals surface area contributed by atoms with Crippen molar-refractivity contribution in [3.8, 4) is 11.9 Å². The lowest BCUT2D eigenvalue weighted by molar-refractivity contribution is 0.103. The number of benzene rings is 1. The topological polar surface area (TPSA) is 63.0 Å². The molecule has 4 nitrogen and oxygen atoms in total. The Labute approximate surface area is 104 Å². The van der Waals surface area contributed by atoms with Gasteiger partial charge in [0.25, 0.3) is 0 Å². The van der Waals surface area contributed by atoms with Gasteiger partial charge in [-0.2, -0.15) is 5.26 Å². The predicted octanol–water partition coefficient (Wildman–Crippen LogP) is 2.19. The average molecular weight is 238 g/mol. The van der Waals surface area contributed by atoms with Crippen LogP contribution in [0.2, 0.25) is 0 Å². The first-order valence-corrected chi connectivity index (χ1v) is 5.30. The smallest absolute Gasteiger partial charge is 0.213 e. The number of carbonyl (C=O) groups is 1. The fourth-order valence-electron chi connectivity index (χ4n) is 1.53. The summed E-state index contributed by atoms with van der Waals surface area (Å²) in [6.07, 6.45) is 0. The summed E-state index contributed by atoms with van der Waals surface area (Å²) in [5.74, 6) is 0.156. The van der Waals surface area contributed by atoms with Crippen LogP contribution in [-0.2, 0) is 0 Å².